The predicted octanol–water partition coefficient (Wildman–Crippen LogP) is 9.05. The van der Waals surface area contributed by atoms with Gasteiger partial charge in [0.25, 0.3) is 0 Å². The fourth-order valence-electron chi connectivity index (χ4n) is 5.91. The summed E-state index contributed by atoms with van der Waals surface area (Å²) in [6, 6.07) is 7.97. The number of nitrogens with one attached hydrogen (secondary N) is 1. The number of likely N-dealkylation sites (N-methyl/N-ethyl adjacent to an activating group) is 1. The maximum Gasteiger partial charge on any atom is 0.472 e. The van der Waals surface area contributed by atoms with Gasteiger partial charge in [-0.2, -0.15) is 0 Å². The van der Waals surface area contributed by atoms with Crippen LogP contribution >= 0.6 is 7.82 Å². The van der Waals surface area contributed by atoms with Gasteiger partial charge in [0.15, 0.2) is 6.10 Å². The van der Waals surface area contributed by atoms with E-state index in [4.69, 9.17) is 18.5 Å². The summed E-state index contributed by atoms with van der Waals surface area (Å²) in [5.74, 6) is -1.20. The standard InChI is InChI=1S/C42H75N2O9P/c1-8-9-10-11-12-13-14-15-16-17-18-19-20-21-22-23-40(45)50-33-39(34-52-54(48,49)51-31-30-44(5,6)7)53-41(46)28-29-43-42(47)36(4)38-26-24-37(25-27-38)32-35(2)3/h24-27,35-36,39H,8-23,28-34H2,1-7H3,(H-,43,47,48,49)/p+1/t36?,39-/m1/s1. The molecule has 0 saturated heterocycles. The number of hydrogen-bond acceptors (Lipinski definition) is 8. The van der Waals surface area contributed by atoms with Gasteiger partial charge >= 0.3 is 19.8 Å². The van der Waals surface area contributed by atoms with E-state index in [2.05, 4.69) is 26.1 Å². The summed E-state index contributed by atoms with van der Waals surface area (Å²) >= 11 is 0. The Morgan fingerprint density at radius 2 is 1.28 bits per heavy atom. The minimum absolute atomic E-state index is 0.0177. The summed E-state index contributed by atoms with van der Waals surface area (Å²) in [4.78, 5) is 48.2. The third-order valence-electron chi connectivity index (χ3n) is 9.30. The maximum atomic E-state index is 12.8. The van der Waals surface area contributed by atoms with Crippen LogP contribution in [0.5, 0.6) is 0 Å². The van der Waals surface area contributed by atoms with E-state index < -0.39 is 38.4 Å². The second kappa shape index (κ2) is 29.0. The van der Waals surface area contributed by atoms with Crippen molar-refractivity contribution in [3.63, 3.8) is 0 Å². The molecule has 0 radical (unpaired) electrons. The monoisotopic (exact) mass is 784 g/mol. The van der Waals surface area contributed by atoms with E-state index in [0.717, 1.165) is 31.2 Å². The number of amides is 1. The van der Waals surface area contributed by atoms with Gasteiger partial charge in [-0.3, -0.25) is 23.4 Å². The van der Waals surface area contributed by atoms with E-state index in [-0.39, 0.29) is 38.5 Å². The van der Waals surface area contributed by atoms with Crippen LogP contribution in [-0.2, 0) is 43.9 Å². The van der Waals surface area contributed by atoms with E-state index in [9.17, 15) is 23.8 Å². The highest BCUT2D eigenvalue weighted by atomic mass is 31.2. The number of quaternary nitrogens is 1. The number of rotatable bonds is 33. The van der Waals surface area contributed by atoms with E-state index >= 15 is 0 Å². The largest absolute Gasteiger partial charge is 0.472 e. The summed E-state index contributed by atoms with van der Waals surface area (Å²) in [5.41, 5.74) is 2.09. The van der Waals surface area contributed by atoms with Crippen molar-refractivity contribution in [1.29, 1.82) is 0 Å². The molecule has 1 rings (SSSR count). The van der Waals surface area contributed by atoms with Gasteiger partial charge < -0.3 is 24.2 Å². The Morgan fingerprint density at radius 3 is 1.80 bits per heavy atom. The van der Waals surface area contributed by atoms with Crippen molar-refractivity contribution in [1.82, 2.24) is 5.32 Å². The van der Waals surface area contributed by atoms with E-state index in [1.54, 1.807) is 0 Å². The van der Waals surface area contributed by atoms with Crippen LogP contribution in [0.3, 0.4) is 0 Å². The molecule has 2 N–H and O–H groups in total. The average Bonchev–Trinajstić information content (AvgIpc) is 3.10. The number of unbranched alkanes of at least 4 members (excludes halogenated alkanes) is 14. The molecule has 1 aromatic carbocycles. The predicted molar refractivity (Wildman–Crippen MR) is 216 cm³/mol. The molecule has 2 unspecified atom stereocenters. The van der Waals surface area contributed by atoms with E-state index in [1.807, 2.05) is 52.3 Å². The molecule has 0 aliphatic carbocycles. The second-order valence-corrected chi connectivity index (χ2v) is 17.7. The normalized spacial score (nSPS) is 14.0. The smallest absolute Gasteiger partial charge is 0.462 e. The molecule has 0 saturated carbocycles. The molecule has 0 heterocycles. The fourth-order valence-corrected chi connectivity index (χ4v) is 6.65. The summed E-state index contributed by atoms with van der Waals surface area (Å²) < 4.78 is 34.1. The summed E-state index contributed by atoms with van der Waals surface area (Å²) in [6.07, 6.45) is 18.4. The molecule has 11 nitrogen and oxygen atoms in total. The highest BCUT2D eigenvalue weighted by molar-refractivity contribution is 7.47. The lowest BCUT2D eigenvalue weighted by molar-refractivity contribution is -0.870. The fraction of sp³-hybridized carbons (Fsp3) is 0.786. The molecule has 54 heavy (non-hydrogen) atoms. The van der Waals surface area contributed by atoms with Crippen molar-refractivity contribution in [3.8, 4) is 0 Å². The number of esters is 2. The van der Waals surface area contributed by atoms with Crippen LogP contribution in [0.25, 0.3) is 0 Å². The molecular formula is C42H76N2O9P+. The van der Waals surface area contributed by atoms with Gasteiger partial charge in [0.05, 0.1) is 40.1 Å². The molecular weight excluding hydrogens is 707 g/mol. The van der Waals surface area contributed by atoms with Crippen molar-refractivity contribution < 1.29 is 46.8 Å². The third-order valence-corrected chi connectivity index (χ3v) is 10.3. The maximum absolute atomic E-state index is 12.8. The Kier molecular flexibility index (Phi) is 26.7. The van der Waals surface area contributed by atoms with Gasteiger partial charge in [-0.05, 0) is 36.8 Å². The van der Waals surface area contributed by atoms with Crippen LogP contribution in [0.15, 0.2) is 24.3 Å². The summed E-state index contributed by atoms with van der Waals surface area (Å²) in [5, 5.41) is 2.77. The lowest BCUT2D eigenvalue weighted by Crippen LogP contribution is -2.37. The zero-order valence-electron chi connectivity index (χ0n) is 34.9. The second-order valence-electron chi connectivity index (χ2n) is 16.2. The van der Waals surface area contributed by atoms with Gasteiger partial charge in [0, 0.05) is 13.0 Å². The first-order chi connectivity index (χ1) is 25.6. The van der Waals surface area contributed by atoms with Crippen LogP contribution in [0, 0.1) is 5.92 Å². The van der Waals surface area contributed by atoms with Gasteiger partial charge in [-0.1, -0.05) is 135 Å². The van der Waals surface area contributed by atoms with E-state index in [0.29, 0.717) is 23.4 Å². The number of nitrogens with zero attached hydrogens (tertiary/aromatic N) is 1. The van der Waals surface area contributed by atoms with Gasteiger partial charge in [-0.25, -0.2) is 4.57 Å². The van der Waals surface area contributed by atoms with Crippen molar-refractivity contribution in [3.05, 3.63) is 35.4 Å². The highest BCUT2D eigenvalue weighted by Crippen LogP contribution is 2.43. The van der Waals surface area contributed by atoms with Crippen LogP contribution in [0.2, 0.25) is 0 Å². The third kappa shape index (κ3) is 27.3. The first-order valence-electron chi connectivity index (χ1n) is 20.8. The molecule has 3 atom stereocenters. The van der Waals surface area contributed by atoms with Gasteiger partial charge in [-0.15, -0.1) is 0 Å². The molecule has 312 valence electrons. The summed E-state index contributed by atoms with van der Waals surface area (Å²) in [7, 11) is 1.31. The zero-order chi connectivity index (χ0) is 40.2. The van der Waals surface area contributed by atoms with Crippen LogP contribution < -0.4 is 5.32 Å². The number of benzene rings is 1. The Balaban J connectivity index is 2.47. The molecule has 0 bridgehead atoms. The van der Waals surface area contributed by atoms with Gasteiger partial charge in [0.2, 0.25) is 5.91 Å². The van der Waals surface area contributed by atoms with Crippen molar-refractivity contribution >= 4 is 25.7 Å². The Hall–Kier alpha value is -2.30. The molecule has 0 spiro atoms. The molecule has 0 aliphatic rings. The quantitative estimate of drug-likeness (QED) is 0.0310. The number of carbonyl (C=O) groups excluding carboxylic acids is 3. The van der Waals surface area contributed by atoms with Crippen LogP contribution in [0.1, 0.15) is 154 Å². The lowest BCUT2D eigenvalue weighted by Gasteiger charge is -2.24. The first kappa shape index (κ1) is 49.7. The van der Waals surface area contributed by atoms with Crippen molar-refractivity contribution in [2.24, 2.45) is 5.92 Å². The Labute approximate surface area is 327 Å². The minimum atomic E-state index is -4.45. The molecule has 1 amide bonds. The van der Waals surface area contributed by atoms with Crippen LogP contribution in [0.4, 0.5) is 0 Å². The zero-order valence-corrected chi connectivity index (χ0v) is 35.8. The average molecular weight is 784 g/mol. The number of phosphoric ester groups is 1. The molecule has 1 aromatic rings. The molecule has 12 heteroatoms. The Morgan fingerprint density at radius 1 is 0.741 bits per heavy atom. The van der Waals surface area contributed by atoms with Crippen LogP contribution in [-0.4, -0.2) is 87.4 Å². The number of hydrogen-bond donors (Lipinski definition) is 2. The SMILES string of the molecule is CCCCCCCCCCCCCCCCCC(=O)OC[C@H](COP(=O)(O)OCC[N+](C)(C)C)OC(=O)CCNC(=O)C(C)c1ccc(CC(C)C)cc1. The van der Waals surface area contributed by atoms with Crippen molar-refractivity contribution in [2.75, 3.05) is 54.1 Å². The minimum Gasteiger partial charge on any atom is -0.462 e. The lowest BCUT2D eigenvalue weighted by atomic mass is 9.96. The molecule has 0 aliphatic heterocycles. The van der Waals surface area contributed by atoms with Crippen molar-refractivity contribution in [2.45, 2.75) is 155 Å². The first-order valence-corrected chi connectivity index (χ1v) is 22.3. The number of carbonyl (C=O) groups is 3. The van der Waals surface area contributed by atoms with E-state index in [1.165, 1.54) is 76.2 Å². The Bertz CT molecular complexity index is 1200. The summed E-state index contributed by atoms with van der Waals surface area (Å²) in [6.45, 7) is 8.02. The number of phosphoric acid groups is 1. The number of ether oxygens (including phenoxy) is 2. The highest BCUT2D eigenvalue weighted by Gasteiger charge is 2.27. The molecule has 0 aromatic heterocycles. The van der Waals surface area contributed by atoms with Gasteiger partial charge in [0.1, 0.15) is 19.8 Å². The topological polar surface area (TPSA) is 137 Å². The molecule has 0 fully saturated rings.